The van der Waals surface area contributed by atoms with E-state index in [-0.39, 0.29) is 11.3 Å². The molecule has 0 radical (unpaired) electrons. The molecule has 2 rings (SSSR count). The van der Waals surface area contributed by atoms with Gasteiger partial charge in [0.05, 0.1) is 0 Å². The van der Waals surface area contributed by atoms with Gasteiger partial charge in [-0.2, -0.15) is 0 Å². The van der Waals surface area contributed by atoms with Gasteiger partial charge < -0.3 is 15.5 Å². The molecule has 1 aliphatic rings. The summed E-state index contributed by atoms with van der Waals surface area (Å²) < 4.78 is 0. The Bertz CT molecular complexity index is 629. The lowest BCUT2D eigenvalue weighted by Crippen LogP contribution is -2.46. The van der Waals surface area contributed by atoms with E-state index in [1.54, 1.807) is 7.05 Å². The minimum Gasteiger partial charge on any atom is -0.354 e. The number of nitrogens with zero attached hydrogens (tertiary/aromatic N) is 2. The molecular formula is C20H30N4O. The second-order valence-electron chi connectivity index (χ2n) is 7.27. The summed E-state index contributed by atoms with van der Waals surface area (Å²) in [6, 6.07) is 10.5. The van der Waals surface area contributed by atoms with Gasteiger partial charge in [0.2, 0.25) is 5.91 Å². The number of benzene rings is 1. The van der Waals surface area contributed by atoms with E-state index in [2.05, 4.69) is 50.9 Å². The van der Waals surface area contributed by atoms with E-state index < -0.39 is 0 Å². The maximum atomic E-state index is 11.9. The summed E-state index contributed by atoms with van der Waals surface area (Å²) in [5.41, 5.74) is 2.34. The van der Waals surface area contributed by atoms with Crippen LogP contribution in [0.25, 0.3) is 5.57 Å². The number of rotatable bonds is 4. The highest BCUT2D eigenvalue weighted by atomic mass is 16.2. The fraction of sp³-hybridized carbons (Fsp3) is 0.500. The summed E-state index contributed by atoms with van der Waals surface area (Å²) in [6.45, 7) is 8.79. The second kappa shape index (κ2) is 8.70. The summed E-state index contributed by atoms with van der Waals surface area (Å²) in [5, 5.41) is 6.28. The van der Waals surface area contributed by atoms with Crippen molar-refractivity contribution in [1.82, 2.24) is 15.5 Å². The lowest BCUT2D eigenvalue weighted by molar-refractivity contribution is -0.128. The molecule has 0 atom stereocenters. The van der Waals surface area contributed by atoms with Crippen LogP contribution in [0, 0.1) is 5.41 Å². The molecule has 1 amide bonds. The monoisotopic (exact) mass is 342 g/mol. The van der Waals surface area contributed by atoms with Crippen LogP contribution in [0.15, 0.2) is 41.4 Å². The third-order valence-electron chi connectivity index (χ3n) is 4.24. The van der Waals surface area contributed by atoms with Gasteiger partial charge in [-0.15, -0.1) is 0 Å². The van der Waals surface area contributed by atoms with Gasteiger partial charge in [0.25, 0.3) is 0 Å². The van der Waals surface area contributed by atoms with Crippen LogP contribution >= 0.6 is 0 Å². The Balaban J connectivity index is 1.81. The zero-order chi connectivity index (χ0) is 18.3. The average molecular weight is 342 g/mol. The van der Waals surface area contributed by atoms with Crippen molar-refractivity contribution in [3.8, 4) is 0 Å². The predicted molar refractivity (Wildman–Crippen MR) is 104 cm³/mol. The summed E-state index contributed by atoms with van der Waals surface area (Å²) >= 11 is 0. The van der Waals surface area contributed by atoms with Crippen molar-refractivity contribution in [2.24, 2.45) is 10.4 Å². The van der Waals surface area contributed by atoms with E-state index in [0.717, 1.165) is 25.5 Å². The van der Waals surface area contributed by atoms with Crippen molar-refractivity contribution < 1.29 is 4.79 Å². The summed E-state index contributed by atoms with van der Waals surface area (Å²) in [7, 11) is 1.80. The van der Waals surface area contributed by atoms with Crippen molar-refractivity contribution in [3.63, 3.8) is 0 Å². The van der Waals surface area contributed by atoms with Gasteiger partial charge in [-0.3, -0.25) is 9.79 Å². The third-order valence-corrected chi connectivity index (χ3v) is 4.24. The number of guanidine groups is 1. The molecule has 0 unspecified atom stereocenters. The minimum atomic E-state index is -0.354. The molecule has 0 aliphatic carbocycles. The van der Waals surface area contributed by atoms with Gasteiger partial charge in [-0.05, 0) is 17.6 Å². The smallest absolute Gasteiger partial charge is 0.225 e. The Hall–Kier alpha value is -2.30. The molecule has 0 saturated carbocycles. The molecule has 5 heteroatoms. The van der Waals surface area contributed by atoms with Gasteiger partial charge in [0.1, 0.15) is 0 Å². The Morgan fingerprint density at radius 3 is 2.40 bits per heavy atom. The molecule has 1 aromatic carbocycles. The Kier molecular flexibility index (Phi) is 6.62. The predicted octanol–water partition coefficient (Wildman–Crippen LogP) is 2.51. The molecule has 136 valence electrons. The van der Waals surface area contributed by atoms with Crippen molar-refractivity contribution in [1.29, 1.82) is 0 Å². The van der Waals surface area contributed by atoms with Crippen LogP contribution < -0.4 is 10.6 Å². The van der Waals surface area contributed by atoms with Crippen LogP contribution in [-0.2, 0) is 4.79 Å². The fourth-order valence-corrected chi connectivity index (χ4v) is 2.72. The highest BCUT2D eigenvalue weighted by Gasteiger charge is 2.20. The quantitative estimate of drug-likeness (QED) is 0.502. The number of carbonyl (C=O) groups is 1. The maximum Gasteiger partial charge on any atom is 0.225 e. The maximum absolute atomic E-state index is 11.9. The summed E-state index contributed by atoms with van der Waals surface area (Å²) in [6.07, 6.45) is 3.28. The molecule has 1 heterocycles. The van der Waals surface area contributed by atoms with Crippen LogP contribution in [0.3, 0.4) is 0 Å². The van der Waals surface area contributed by atoms with E-state index in [1.165, 1.54) is 11.1 Å². The average Bonchev–Trinajstić information content (AvgIpc) is 2.62. The normalized spacial score (nSPS) is 15.6. The SMILES string of the molecule is CN=C(NCCNC(=O)C(C)(C)C)N1CC=C(c2ccccc2)CC1. The first-order valence-corrected chi connectivity index (χ1v) is 8.90. The number of aliphatic imine (C=N–C) groups is 1. The first-order chi connectivity index (χ1) is 11.9. The number of amides is 1. The summed E-state index contributed by atoms with van der Waals surface area (Å²) in [4.78, 5) is 18.5. The van der Waals surface area contributed by atoms with E-state index in [4.69, 9.17) is 0 Å². The molecule has 1 aromatic rings. The number of nitrogens with one attached hydrogen (secondary N) is 2. The van der Waals surface area contributed by atoms with E-state index in [1.807, 2.05) is 26.8 Å². The largest absolute Gasteiger partial charge is 0.354 e. The van der Waals surface area contributed by atoms with Crippen LogP contribution in [0.5, 0.6) is 0 Å². The highest BCUT2D eigenvalue weighted by Crippen LogP contribution is 2.21. The van der Waals surface area contributed by atoms with Gasteiger partial charge in [0.15, 0.2) is 5.96 Å². The molecule has 5 nitrogen and oxygen atoms in total. The standard InChI is InChI=1S/C20H30N4O/c1-20(2,3)18(25)22-12-13-23-19(21-4)24-14-10-17(11-15-24)16-8-6-5-7-9-16/h5-10H,11-15H2,1-4H3,(H,21,23)(H,22,25). The van der Waals surface area contributed by atoms with Crippen LogP contribution in [0.1, 0.15) is 32.8 Å². The van der Waals surface area contributed by atoms with Crippen molar-refractivity contribution in [2.75, 3.05) is 33.2 Å². The van der Waals surface area contributed by atoms with E-state index in [0.29, 0.717) is 13.1 Å². The molecule has 25 heavy (non-hydrogen) atoms. The molecular weight excluding hydrogens is 312 g/mol. The zero-order valence-electron chi connectivity index (χ0n) is 15.8. The Morgan fingerprint density at radius 2 is 1.84 bits per heavy atom. The number of hydrogen-bond acceptors (Lipinski definition) is 2. The van der Waals surface area contributed by atoms with Crippen molar-refractivity contribution in [2.45, 2.75) is 27.2 Å². The molecule has 0 fully saturated rings. The van der Waals surface area contributed by atoms with Gasteiger partial charge in [0, 0.05) is 38.6 Å². The molecule has 0 spiro atoms. The highest BCUT2D eigenvalue weighted by molar-refractivity contribution is 5.82. The van der Waals surface area contributed by atoms with E-state index in [9.17, 15) is 4.79 Å². The number of carbonyl (C=O) groups excluding carboxylic acids is 1. The van der Waals surface area contributed by atoms with Gasteiger partial charge in [-0.1, -0.05) is 57.2 Å². The van der Waals surface area contributed by atoms with Gasteiger partial charge in [-0.25, -0.2) is 0 Å². The van der Waals surface area contributed by atoms with Crippen LogP contribution in [0.4, 0.5) is 0 Å². The lowest BCUT2D eigenvalue weighted by atomic mass is 9.96. The van der Waals surface area contributed by atoms with Crippen molar-refractivity contribution >= 4 is 17.4 Å². The molecule has 1 aliphatic heterocycles. The first kappa shape index (κ1) is 19.0. The Morgan fingerprint density at radius 1 is 1.16 bits per heavy atom. The minimum absolute atomic E-state index is 0.0673. The van der Waals surface area contributed by atoms with Crippen molar-refractivity contribution in [3.05, 3.63) is 42.0 Å². The second-order valence-corrected chi connectivity index (χ2v) is 7.27. The van der Waals surface area contributed by atoms with Crippen LogP contribution in [-0.4, -0.2) is 50.0 Å². The number of hydrogen-bond donors (Lipinski definition) is 2. The molecule has 0 saturated heterocycles. The third kappa shape index (κ3) is 5.62. The fourth-order valence-electron chi connectivity index (χ4n) is 2.72. The Labute approximate surface area is 151 Å². The molecule has 0 bridgehead atoms. The summed E-state index contributed by atoms with van der Waals surface area (Å²) in [5.74, 6) is 0.950. The lowest BCUT2D eigenvalue weighted by Gasteiger charge is -2.30. The van der Waals surface area contributed by atoms with Gasteiger partial charge >= 0.3 is 0 Å². The van der Waals surface area contributed by atoms with Crippen LogP contribution in [0.2, 0.25) is 0 Å². The zero-order valence-corrected chi connectivity index (χ0v) is 15.8. The van der Waals surface area contributed by atoms with E-state index >= 15 is 0 Å². The molecule has 0 aromatic heterocycles. The molecule has 2 N–H and O–H groups in total. The topological polar surface area (TPSA) is 56.7 Å². The first-order valence-electron chi connectivity index (χ1n) is 8.90.